The molecule has 2 atom stereocenters. The summed E-state index contributed by atoms with van der Waals surface area (Å²) >= 11 is 1.54. The minimum Gasteiger partial charge on any atom is -0.379 e. The van der Waals surface area contributed by atoms with Crippen LogP contribution in [0.25, 0.3) is 10.9 Å². The van der Waals surface area contributed by atoms with Gasteiger partial charge in [0.1, 0.15) is 11.8 Å². The van der Waals surface area contributed by atoms with Crippen molar-refractivity contribution in [1.29, 1.82) is 0 Å². The molecular formula is C19H21N3O3S. The molecule has 1 amide bonds. The summed E-state index contributed by atoms with van der Waals surface area (Å²) < 4.78 is 11.5. The molecule has 136 valence electrons. The molecule has 1 fully saturated rings. The summed E-state index contributed by atoms with van der Waals surface area (Å²) in [7, 11) is 0. The van der Waals surface area contributed by atoms with Crippen molar-refractivity contribution in [3.63, 3.8) is 0 Å². The Hall–Kier alpha value is -2.22. The maximum atomic E-state index is 12.7. The van der Waals surface area contributed by atoms with Crippen molar-refractivity contribution in [2.24, 2.45) is 0 Å². The minimum atomic E-state index is -0.180. The second kappa shape index (κ2) is 7.57. The van der Waals surface area contributed by atoms with E-state index in [0.717, 1.165) is 23.0 Å². The van der Waals surface area contributed by atoms with Crippen molar-refractivity contribution in [1.82, 2.24) is 15.3 Å². The highest BCUT2D eigenvalue weighted by atomic mass is 32.1. The topological polar surface area (TPSA) is 76.2 Å². The first-order valence-corrected chi connectivity index (χ1v) is 9.60. The summed E-state index contributed by atoms with van der Waals surface area (Å²) in [5, 5.41) is 6.10. The van der Waals surface area contributed by atoms with Gasteiger partial charge >= 0.3 is 0 Å². The molecule has 4 rings (SSSR count). The van der Waals surface area contributed by atoms with Crippen LogP contribution < -0.4 is 5.32 Å². The van der Waals surface area contributed by atoms with Crippen LogP contribution in [-0.2, 0) is 16.1 Å². The minimum absolute atomic E-state index is 0.0805. The van der Waals surface area contributed by atoms with E-state index in [0.29, 0.717) is 25.5 Å². The van der Waals surface area contributed by atoms with Gasteiger partial charge in [-0.05, 0) is 31.5 Å². The number of nitrogens with one attached hydrogen (secondary N) is 2. The number of ether oxygens (including phenoxy) is 2. The van der Waals surface area contributed by atoms with E-state index in [-0.39, 0.29) is 18.1 Å². The molecule has 7 heteroatoms. The zero-order valence-electron chi connectivity index (χ0n) is 14.5. The molecule has 2 aromatic heterocycles. The lowest BCUT2D eigenvalue weighted by atomic mass is 10.1. The number of carbonyl (C=O) groups is 1. The fourth-order valence-corrected chi connectivity index (χ4v) is 3.71. The smallest absolute Gasteiger partial charge is 0.268 e. The number of H-pyrrole nitrogens is 1. The normalized spacial score (nSPS) is 20.3. The fourth-order valence-electron chi connectivity index (χ4n) is 3.16. The Kier molecular flexibility index (Phi) is 5.01. The van der Waals surface area contributed by atoms with Gasteiger partial charge in [-0.3, -0.25) is 4.79 Å². The van der Waals surface area contributed by atoms with Crippen molar-refractivity contribution in [3.8, 4) is 0 Å². The molecule has 3 aromatic rings. The Bertz CT molecular complexity index is 891. The standard InChI is InChI=1S/C19H21N3O3S/c1-12-2-3-15-13(6-12)7-17(21-15)19(23)22-16-4-5-24-9-18(16)25-8-14-10-26-11-20-14/h2-3,6-7,10-11,16,18,21H,4-5,8-9H2,1H3,(H,22,23)/t16-,18-/m1/s1. The second-order valence-electron chi connectivity index (χ2n) is 6.55. The third-order valence-corrected chi connectivity index (χ3v) is 5.21. The number of aromatic amines is 1. The van der Waals surface area contributed by atoms with Gasteiger partial charge in [0.15, 0.2) is 0 Å². The van der Waals surface area contributed by atoms with E-state index in [1.54, 1.807) is 16.8 Å². The summed E-state index contributed by atoms with van der Waals surface area (Å²) in [6, 6.07) is 7.90. The van der Waals surface area contributed by atoms with Crippen molar-refractivity contribution in [2.75, 3.05) is 13.2 Å². The number of rotatable bonds is 5. The van der Waals surface area contributed by atoms with Crippen molar-refractivity contribution in [2.45, 2.75) is 32.1 Å². The number of aryl methyl sites for hydroxylation is 1. The Morgan fingerprint density at radius 3 is 3.23 bits per heavy atom. The van der Waals surface area contributed by atoms with E-state index >= 15 is 0 Å². The summed E-state index contributed by atoms with van der Waals surface area (Å²) in [6.07, 6.45) is 0.549. The SMILES string of the molecule is Cc1ccc2[nH]c(C(=O)N[C@@H]3CCOC[C@H]3OCc3cscn3)cc2c1. The molecule has 1 aromatic carbocycles. The maximum Gasteiger partial charge on any atom is 0.268 e. The van der Waals surface area contributed by atoms with Gasteiger partial charge in [0.25, 0.3) is 5.91 Å². The first kappa shape index (κ1) is 17.2. The predicted molar refractivity (Wildman–Crippen MR) is 100 cm³/mol. The first-order valence-electron chi connectivity index (χ1n) is 8.66. The van der Waals surface area contributed by atoms with Crippen LogP contribution >= 0.6 is 11.3 Å². The Balaban J connectivity index is 1.43. The third kappa shape index (κ3) is 3.80. The summed E-state index contributed by atoms with van der Waals surface area (Å²) in [6.45, 7) is 3.56. The molecule has 0 spiro atoms. The van der Waals surface area contributed by atoms with Gasteiger partial charge in [0.05, 0.1) is 30.5 Å². The highest BCUT2D eigenvalue weighted by molar-refractivity contribution is 7.07. The molecule has 2 N–H and O–H groups in total. The molecule has 0 saturated carbocycles. The largest absolute Gasteiger partial charge is 0.379 e. The van der Waals surface area contributed by atoms with Crippen LogP contribution in [-0.4, -0.2) is 41.2 Å². The van der Waals surface area contributed by atoms with Crippen LogP contribution in [0.1, 0.15) is 28.2 Å². The molecule has 0 bridgehead atoms. The summed E-state index contributed by atoms with van der Waals surface area (Å²) in [5.41, 5.74) is 5.38. The molecule has 0 aliphatic carbocycles. The quantitative estimate of drug-likeness (QED) is 0.723. The Morgan fingerprint density at radius 2 is 2.38 bits per heavy atom. The zero-order valence-corrected chi connectivity index (χ0v) is 15.3. The molecule has 6 nitrogen and oxygen atoms in total. The fraction of sp³-hybridized carbons (Fsp3) is 0.368. The predicted octanol–water partition coefficient (Wildman–Crippen LogP) is 3.04. The molecular weight excluding hydrogens is 350 g/mol. The number of fused-ring (bicyclic) bond motifs is 1. The average molecular weight is 371 g/mol. The Morgan fingerprint density at radius 1 is 1.46 bits per heavy atom. The lowest BCUT2D eigenvalue weighted by molar-refractivity contribution is -0.0742. The van der Waals surface area contributed by atoms with Crippen LogP contribution in [0.4, 0.5) is 0 Å². The van der Waals surface area contributed by atoms with Gasteiger partial charge in [0, 0.05) is 22.9 Å². The number of hydrogen-bond acceptors (Lipinski definition) is 5. The molecule has 1 aliphatic rings. The lowest BCUT2D eigenvalue weighted by Crippen LogP contribution is -2.50. The molecule has 26 heavy (non-hydrogen) atoms. The van der Waals surface area contributed by atoms with E-state index in [4.69, 9.17) is 9.47 Å². The van der Waals surface area contributed by atoms with Crippen molar-refractivity contribution < 1.29 is 14.3 Å². The van der Waals surface area contributed by atoms with Gasteiger partial charge in [-0.25, -0.2) is 4.98 Å². The van der Waals surface area contributed by atoms with E-state index in [1.807, 2.05) is 30.5 Å². The van der Waals surface area contributed by atoms with Crippen LogP contribution in [0.15, 0.2) is 35.2 Å². The number of hydrogen-bond donors (Lipinski definition) is 2. The van der Waals surface area contributed by atoms with Crippen LogP contribution in [0.2, 0.25) is 0 Å². The highest BCUT2D eigenvalue weighted by Crippen LogP contribution is 2.18. The highest BCUT2D eigenvalue weighted by Gasteiger charge is 2.28. The van der Waals surface area contributed by atoms with Crippen LogP contribution in [0.5, 0.6) is 0 Å². The average Bonchev–Trinajstić information content (AvgIpc) is 3.30. The van der Waals surface area contributed by atoms with Gasteiger partial charge in [-0.2, -0.15) is 0 Å². The van der Waals surface area contributed by atoms with E-state index in [2.05, 4.69) is 21.4 Å². The van der Waals surface area contributed by atoms with E-state index in [1.165, 1.54) is 5.56 Å². The Labute approximate surface area is 155 Å². The third-order valence-electron chi connectivity index (χ3n) is 4.57. The lowest BCUT2D eigenvalue weighted by Gasteiger charge is -2.31. The van der Waals surface area contributed by atoms with Gasteiger partial charge in [-0.1, -0.05) is 11.6 Å². The number of carbonyl (C=O) groups excluding carboxylic acids is 1. The van der Waals surface area contributed by atoms with E-state index < -0.39 is 0 Å². The number of amides is 1. The first-order chi connectivity index (χ1) is 12.7. The number of aromatic nitrogens is 2. The second-order valence-corrected chi connectivity index (χ2v) is 7.27. The molecule has 0 radical (unpaired) electrons. The number of nitrogens with zero attached hydrogens (tertiary/aromatic N) is 1. The summed E-state index contributed by atoms with van der Waals surface area (Å²) in [4.78, 5) is 20.1. The maximum absolute atomic E-state index is 12.7. The zero-order chi connectivity index (χ0) is 17.9. The molecule has 1 saturated heterocycles. The number of thiazole rings is 1. The number of benzene rings is 1. The van der Waals surface area contributed by atoms with Crippen molar-refractivity contribution >= 4 is 28.1 Å². The monoisotopic (exact) mass is 371 g/mol. The summed E-state index contributed by atoms with van der Waals surface area (Å²) in [5.74, 6) is -0.118. The van der Waals surface area contributed by atoms with Gasteiger partial charge in [0.2, 0.25) is 0 Å². The molecule has 1 aliphatic heterocycles. The van der Waals surface area contributed by atoms with Crippen molar-refractivity contribution in [3.05, 3.63) is 52.1 Å². The molecule has 0 unspecified atom stereocenters. The van der Waals surface area contributed by atoms with Gasteiger partial charge < -0.3 is 19.8 Å². The van der Waals surface area contributed by atoms with E-state index in [9.17, 15) is 4.79 Å². The van der Waals surface area contributed by atoms with Gasteiger partial charge in [-0.15, -0.1) is 11.3 Å². The van der Waals surface area contributed by atoms with Crippen LogP contribution in [0.3, 0.4) is 0 Å². The molecule has 3 heterocycles. The van der Waals surface area contributed by atoms with Crippen LogP contribution in [0, 0.1) is 6.92 Å².